The summed E-state index contributed by atoms with van der Waals surface area (Å²) < 4.78 is 0. The van der Waals surface area contributed by atoms with Crippen molar-refractivity contribution >= 4 is 10.9 Å². The first-order valence-electron chi connectivity index (χ1n) is 8.00. The summed E-state index contributed by atoms with van der Waals surface area (Å²) in [5, 5.41) is 4.85. The second kappa shape index (κ2) is 5.47. The van der Waals surface area contributed by atoms with Crippen molar-refractivity contribution in [3.63, 3.8) is 0 Å². The smallest absolute Gasteiger partial charge is 0.0459 e. The average molecular weight is 285 g/mol. The molecule has 0 spiro atoms. The summed E-state index contributed by atoms with van der Waals surface area (Å²) in [7, 11) is 0. The van der Waals surface area contributed by atoms with Crippen LogP contribution in [0.5, 0.6) is 0 Å². The van der Waals surface area contributed by atoms with Crippen LogP contribution < -0.4 is 5.32 Å². The van der Waals surface area contributed by atoms with Crippen LogP contribution >= 0.6 is 0 Å². The molecule has 3 heteroatoms. The third-order valence-corrected chi connectivity index (χ3v) is 4.55. The first-order chi connectivity index (χ1) is 9.98. The molecule has 0 unspecified atom stereocenters. The molecule has 0 aliphatic carbocycles. The van der Waals surface area contributed by atoms with Crippen LogP contribution in [0.15, 0.2) is 24.3 Å². The molecular weight excluding hydrogens is 258 g/mol. The predicted molar refractivity (Wildman–Crippen MR) is 89.7 cm³/mol. The molecule has 0 radical (unpaired) electrons. The third-order valence-electron chi connectivity index (χ3n) is 4.55. The zero-order valence-electron chi connectivity index (χ0n) is 13.7. The van der Waals surface area contributed by atoms with Gasteiger partial charge in [0.1, 0.15) is 0 Å². The number of aromatic amines is 1. The number of rotatable bonds is 2. The molecule has 0 saturated carbocycles. The lowest BCUT2D eigenvalue weighted by Gasteiger charge is -2.42. The van der Waals surface area contributed by atoms with E-state index in [1.165, 1.54) is 22.2 Å². The van der Waals surface area contributed by atoms with E-state index in [-0.39, 0.29) is 5.41 Å². The highest BCUT2D eigenvalue weighted by atomic mass is 15.2. The number of H-pyrrole nitrogens is 1. The monoisotopic (exact) mass is 285 g/mol. The summed E-state index contributed by atoms with van der Waals surface area (Å²) in [6.07, 6.45) is 0. The molecular formula is C18H27N3. The van der Waals surface area contributed by atoms with E-state index >= 15 is 0 Å². The standard InChI is InChI=1S/C18H27N3/c1-13-16(14-7-5-6-8-15(14)20-13)17(18(2,3)4)21-11-9-19-10-12-21/h5-8,17,19-20H,9-12H2,1-4H3/t17-/m1/s1. The van der Waals surface area contributed by atoms with Gasteiger partial charge in [-0.3, -0.25) is 4.90 Å². The number of aryl methyl sites for hydroxylation is 1. The summed E-state index contributed by atoms with van der Waals surface area (Å²) in [6, 6.07) is 9.16. The Kier molecular flexibility index (Phi) is 3.80. The normalized spacial score (nSPS) is 19.0. The summed E-state index contributed by atoms with van der Waals surface area (Å²) in [6.45, 7) is 13.7. The highest BCUT2D eigenvalue weighted by molar-refractivity contribution is 5.85. The zero-order valence-corrected chi connectivity index (χ0v) is 13.7. The van der Waals surface area contributed by atoms with Gasteiger partial charge in [-0.2, -0.15) is 0 Å². The molecule has 0 amide bonds. The zero-order chi connectivity index (χ0) is 15.0. The van der Waals surface area contributed by atoms with Gasteiger partial charge in [-0.15, -0.1) is 0 Å². The lowest BCUT2D eigenvalue weighted by atomic mass is 9.80. The number of benzene rings is 1. The van der Waals surface area contributed by atoms with E-state index in [4.69, 9.17) is 0 Å². The van der Waals surface area contributed by atoms with Crippen LogP contribution in [0.1, 0.15) is 38.1 Å². The van der Waals surface area contributed by atoms with Crippen LogP contribution in [0.2, 0.25) is 0 Å². The fourth-order valence-electron chi connectivity index (χ4n) is 3.75. The molecule has 2 heterocycles. The number of para-hydroxylation sites is 1. The van der Waals surface area contributed by atoms with E-state index < -0.39 is 0 Å². The molecule has 21 heavy (non-hydrogen) atoms. The van der Waals surface area contributed by atoms with Gasteiger partial charge < -0.3 is 10.3 Å². The number of aromatic nitrogens is 1. The molecule has 114 valence electrons. The van der Waals surface area contributed by atoms with E-state index in [0.717, 1.165) is 26.2 Å². The first-order valence-corrected chi connectivity index (χ1v) is 8.00. The van der Waals surface area contributed by atoms with Crippen molar-refractivity contribution in [3.05, 3.63) is 35.5 Å². The van der Waals surface area contributed by atoms with Gasteiger partial charge in [0.15, 0.2) is 0 Å². The highest BCUT2D eigenvalue weighted by Crippen LogP contribution is 2.42. The van der Waals surface area contributed by atoms with Crippen LogP contribution in [0.4, 0.5) is 0 Å². The Morgan fingerprint density at radius 1 is 1.10 bits per heavy atom. The predicted octanol–water partition coefficient (Wildman–Crippen LogP) is 3.47. The molecule has 1 fully saturated rings. The van der Waals surface area contributed by atoms with Crippen LogP contribution in [0.25, 0.3) is 10.9 Å². The quantitative estimate of drug-likeness (QED) is 0.885. The van der Waals surface area contributed by atoms with Gasteiger partial charge in [0.25, 0.3) is 0 Å². The van der Waals surface area contributed by atoms with E-state index in [1.54, 1.807) is 0 Å². The molecule has 1 aliphatic rings. The molecule has 3 nitrogen and oxygen atoms in total. The lowest BCUT2D eigenvalue weighted by Crippen LogP contribution is -2.48. The molecule has 1 aromatic heterocycles. The Bertz CT molecular complexity index is 615. The Morgan fingerprint density at radius 3 is 2.43 bits per heavy atom. The Hall–Kier alpha value is -1.32. The number of hydrogen-bond acceptors (Lipinski definition) is 2. The van der Waals surface area contributed by atoms with Gasteiger partial charge in [-0.05, 0) is 24.0 Å². The molecule has 2 aromatic rings. The maximum atomic E-state index is 3.58. The molecule has 1 aliphatic heterocycles. The van der Waals surface area contributed by atoms with Gasteiger partial charge in [0, 0.05) is 48.8 Å². The second-order valence-corrected chi connectivity index (χ2v) is 7.26. The molecule has 3 rings (SSSR count). The van der Waals surface area contributed by atoms with Crippen LogP contribution in [-0.4, -0.2) is 36.1 Å². The average Bonchev–Trinajstić information content (AvgIpc) is 2.76. The largest absolute Gasteiger partial charge is 0.358 e. The van der Waals surface area contributed by atoms with E-state index in [9.17, 15) is 0 Å². The van der Waals surface area contributed by atoms with Gasteiger partial charge >= 0.3 is 0 Å². The first kappa shape index (κ1) is 14.6. The number of piperazine rings is 1. The van der Waals surface area contributed by atoms with E-state index in [0.29, 0.717) is 6.04 Å². The number of nitrogens with zero attached hydrogens (tertiary/aromatic N) is 1. The van der Waals surface area contributed by atoms with E-state index in [1.807, 2.05) is 0 Å². The fraction of sp³-hybridized carbons (Fsp3) is 0.556. The Morgan fingerprint density at radius 2 is 1.76 bits per heavy atom. The Labute approximate surface area is 127 Å². The summed E-state index contributed by atoms with van der Waals surface area (Å²) in [4.78, 5) is 6.23. The van der Waals surface area contributed by atoms with Gasteiger partial charge in [0.05, 0.1) is 0 Å². The number of fused-ring (bicyclic) bond motifs is 1. The highest BCUT2D eigenvalue weighted by Gasteiger charge is 2.35. The van der Waals surface area contributed by atoms with Crippen molar-refractivity contribution in [1.82, 2.24) is 15.2 Å². The fourth-order valence-corrected chi connectivity index (χ4v) is 3.75. The van der Waals surface area contributed by atoms with Crippen molar-refractivity contribution in [2.75, 3.05) is 26.2 Å². The maximum absolute atomic E-state index is 3.58. The minimum atomic E-state index is 0.215. The van der Waals surface area contributed by atoms with Crippen LogP contribution in [0, 0.1) is 12.3 Å². The number of hydrogen-bond donors (Lipinski definition) is 2. The third kappa shape index (κ3) is 2.72. The van der Waals surface area contributed by atoms with Crippen LogP contribution in [-0.2, 0) is 0 Å². The topological polar surface area (TPSA) is 31.1 Å². The summed E-state index contributed by atoms with van der Waals surface area (Å²) in [5.41, 5.74) is 4.27. The SMILES string of the molecule is Cc1[nH]c2ccccc2c1[C@@H](N1CCNCC1)C(C)(C)C. The second-order valence-electron chi connectivity index (χ2n) is 7.26. The van der Waals surface area contributed by atoms with Crippen molar-refractivity contribution in [3.8, 4) is 0 Å². The van der Waals surface area contributed by atoms with Gasteiger partial charge in [0.2, 0.25) is 0 Å². The van der Waals surface area contributed by atoms with Gasteiger partial charge in [-0.25, -0.2) is 0 Å². The minimum absolute atomic E-state index is 0.215. The maximum Gasteiger partial charge on any atom is 0.0459 e. The molecule has 2 N–H and O–H groups in total. The lowest BCUT2D eigenvalue weighted by molar-refractivity contribution is 0.0868. The summed E-state index contributed by atoms with van der Waals surface area (Å²) in [5.74, 6) is 0. The minimum Gasteiger partial charge on any atom is -0.358 e. The van der Waals surface area contributed by atoms with Crippen LogP contribution in [0.3, 0.4) is 0 Å². The molecule has 1 atom stereocenters. The van der Waals surface area contributed by atoms with E-state index in [2.05, 4.69) is 67.2 Å². The van der Waals surface area contributed by atoms with Gasteiger partial charge in [-0.1, -0.05) is 39.0 Å². The molecule has 0 bridgehead atoms. The van der Waals surface area contributed by atoms with Crippen molar-refractivity contribution in [2.45, 2.75) is 33.7 Å². The number of nitrogens with one attached hydrogen (secondary N) is 2. The van der Waals surface area contributed by atoms with Crippen molar-refractivity contribution in [1.29, 1.82) is 0 Å². The van der Waals surface area contributed by atoms with Crippen molar-refractivity contribution in [2.24, 2.45) is 5.41 Å². The van der Waals surface area contributed by atoms with Crippen molar-refractivity contribution < 1.29 is 0 Å². The molecule has 1 aromatic carbocycles. The molecule has 1 saturated heterocycles. The Balaban J connectivity index is 2.12. The summed E-state index contributed by atoms with van der Waals surface area (Å²) >= 11 is 0.